The summed E-state index contributed by atoms with van der Waals surface area (Å²) < 4.78 is 0.813. The summed E-state index contributed by atoms with van der Waals surface area (Å²) in [6.07, 6.45) is 0. The SMILES string of the molecule is O=C(CNc1nnc(SCc2cccc3ccccc23)s1)c1ccc([N+](=O)[O-])cc1. The number of nitrogens with one attached hydrogen (secondary N) is 1. The van der Waals surface area contributed by atoms with E-state index in [1.54, 1.807) is 11.8 Å². The molecule has 0 radical (unpaired) electrons. The molecule has 0 unspecified atom stereocenters. The van der Waals surface area contributed by atoms with Gasteiger partial charge < -0.3 is 5.32 Å². The molecule has 0 aliphatic heterocycles. The number of hydrogen-bond donors (Lipinski definition) is 1. The fourth-order valence-corrected chi connectivity index (χ4v) is 4.68. The molecule has 0 amide bonds. The number of nitro groups is 1. The predicted molar refractivity (Wildman–Crippen MR) is 119 cm³/mol. The molecular formula is C21H16N4O3S2. The molecule has 0 spiro atoms. The molecule has 4 rings (SSSR count). The zero-order valence-corrected chi connectivity index (χ0v) is 17.3. The fraction of sp³-hybridized carbons (Fsp3) is 0.0952. The van der Waals surface area contributed by atoms with Crippen LogP contribution in [-0.4, -0.2) is 27.4 Å². The molecule has 30 heavy (non-hydrogen) atoms. The van der Waals surface area contributed by atoms with E-state index in [4.69, 9.17) is 0 Å². The number of ketones is 1. The maximum atomic E-state index is 12.3. The lowest BCUT2D eigenvalue weighted by Gasteiger charge is -2.04. The summed E-state index contributed by atoms with van der Waals surface area (Å²) in [6, 6.07) is 20.1. The van der Waals surface area contributed by atoms with E-state index in [1.807, 2.05) is 12.1 Å². The number of fused-ring (bicyclic) bond motifs is 1. The van der Waals surface area contributed by atoms with Crippen molar-refractivity contribution in [1.82, 2.24) is 10.2 Å². The number of thioether (sulfide) groups is 1. The molecule has 3 aromatic carbocycles. The number of benzene rings is 3. The molecule has 0 aliphatic rings. The summed E-state index contributed by atoms with van der Waals surface area (Å²) in [6.45, 7) is 0.0421. The molecule has 0 bridgehead atoms. The third kappa shape index (κ3) is 4.64. The number of non-ortho nitro benzene ring substituents is 1. The molecule has 150 valence electrons. The van der Waals surface area contributed by atoms with Crippen molar-refractivity contribution in [3.05, 3.63) is 88.0 Å². The zero-order valence-electron chi connectivity index (χ0n) is 15.6. The average Bonchev–Trinajstić information content (AvgIpc) is 3.24. The van der Waals surface area contributed by atoms with Crippen LogP contribution < -0.4 is 5.32 Å². The van der Waals surface area contributed by atoms with Gasteiger partial charge in [0.2, 0.25) is 5.13 Å². The Morgan fingerprint density at radius 1 is 1.03 bits per heavy atom. The highest BCUT2D eigenvalue weighted by Gasteiger charge is 2.11. The van der Waals surface area contributed by atoms with E-state index in [0.717, 1.165) is 10.1 Å². The van der Waals surface area contributed by atoms with Gasteiger partial charge in [-0.15, -0.1) is 10.2 Å². The van der Waals surface area contributed by atoms with Gasteiger partial charge in [-0.2, -0.15) is 0 Å². The molecule has 0 aliphatic carbocycles. The number of nitro benzene ring substituents is 1. The second-order valence-corrected chi connectivity index (χ2v) is 8.58. The topological polar surface area (TPSA) is 98.0 Å². The van der Waals surface area contributed by atoms with Gasteiger partial charge in [0.1, 0.15) is 0 Å². The number of aromatic nitrogens is 2. The van der Waals surface area contributed by atoms with Crippen LogP contribution in [0.5, 0.6) is 0 Å². The molecule has 1 aromatic heterocycles. The Balaban J connectivity index is 1.34. The second-order valence-electron chi connectivity index (χ2n) is 6.38. The lowest BCUT2D eigenvalue weighted by atomic mass is 10.1. The maximum absolute atomic E-state index is 12.3. The van der Waals surface area contributed by atoms with E-state index < -0.39 is 4.92 Å². The largest absolute Gasteiger partial charge is 0.353 e. The minimum absolute atomic E-state index is 0.0421. The standard InChI is InChI=1S/C21H16N4O3S2/c26-19(15-8-10-17(11-9-15)25(27)28)12-22-20-23-24-21(30-20)29-13-16-6-3-5-14-4-1-2-7-18(14)16/h1-11H,12-13H2,(H,22,23). The number of carbonyl (C=O) groups is 1. The normalized spacial score (nSPS) is 10.8. The van der Waals surface area contributed by atoms with Gasteiger partial charge >= 0.3 is 0 Å². The first-order chi connectivity index (χ1) is 14.6. The van der Waals surface area contributed by atoms with Crippen LogP contribution in [0.15, 0.2) is 71.1 Å². The minimum Gasteiger partial charge on any atom is -0.353 e. The van der Waals surface area contributed by atoms with Gasteiger partial charge in [0, 0.05) is 23.4 Å². The van der Waals surface area contributed by atoms with Crippen molar-refractivity contribution in [2.45, 2.75) is 10.1 Å². The van der Waals surface area contributed by atoms with Crippen molar-refractivity contribution in [2.24, 2.45) is 0 Å². The zero-order chi connectivity index (χ0) is 20.9. The Labute approximate surface area is 180 Å². The van der Waals surface area contributed by atoms with Gasteiger partial charge in [0.25, 0.3) is 5.69 Å². The third-order valence-electron chi connectivity index (χ3n) is 4.44. The summed E-state index contributed by atoms with van der Waals surface area (Å²) in [4.78, 5) is 22.5. The molecule has 1 heterocycles. The van der Waals surface area contributed by atoms with Gasteiger partial charge in [0.05, 0.1) is 11.5 Å². The number of nitrogens with zero attached hydrogens (tertiary/aromatic N) is 3. The second kappa shape index (κ2) is 9.02. The van der Waals surface area contributed by atoms with Gasteiger partial charge in [0.15, 0.2) is 10.1 Å². The number of Topliss-reactive ketones (excluding diaryl/α,β-unsaturated/α-hetero) is 1. The quantitative estimate of drug-likeness (QED) is 0.176. The highest BCUT2D eigenvalue weighted by atomic mass is 32.2. The van der Waals surface area contributed by atoms with Crippen molar-refractivity contribution in [1.29, 1.82) is 0 Å². The number of carbonyl (C=O) groups excluding carboxylic acids is 1. The van der Waals surface area contributed by atoms with Crippen LogP contribution in [0.4, 0.5) is 10.8 Å². The van der Waals surface area contributed by atoms with E-state index in [9.17, 15) is 14.9 Å². The smallest absolute Gasteiger partial charge is 0.269 e. The molecule has 0 fully saturated rings. The van der Waals surface area contributed by atoms with Crippen LogP contribution in [0.2, 0.25) is 0 Å². The molecule has 0 saturated heterocycles. The number of rotatable bonds is 8. The Morgan fingerprint density at radius 2 is 1.80 bits per heavy atom. The van der Waals surface area contributed by atoms with Crippen molar-refractivity contribution in [3.8, 4) is 0 Å². The highest BCUT2D eigenvalue weighted by Crippen LogP contribution is 2.30. The summed E-state index contributed by atoms with van der Waals surface area (Å²) in [5.74, 6) is 0.600. The Hall–Kier alpha value is -3.30. The van der Waals surface area contributed by atoms with Crippen LogP contribution in [-0.2, 0) is 5.75 Å². The van der Waals surface area contributed by atoms with Crippen molar-refractivity contribution in [2.75, 3.05) is 11.9 Å². The Bertz CT molecular complexity index is 1200. The van der Waals surface area contributed by atoms with E-state index in [0.29, 0.717) is 10.7 Å². The first kappa shape index (κ1) is 20.0. The van der Waals surface area contributed by atoms with Crippen LogP contribution in [0.3, 0.4) is 0 Å². The fourth-order valence-electron chi connectivity index (χ4n) is 2.92. The molecule has 4 aromatic rings. The van der Waals surface area contributed by atoms with Crippen molar-refractivity contribution < 1.29 is 9.72 Å². The van der Waals surface area contributed by atoms with Crippen LogP contribution in [0.1, 0.15) is 15.9 Å². The first-order valence-electron chi connectivity index (χ1n) is 9.04. The van der Waals surface area contributed by atoms with Crippen molar-refractivity contribution >= 4 is 50.5 Å². The van der Waals surface area contributed by atoms with Crippen LogP contribution in [0.25, 0.3) is 10.8 Å². The lowest BCUT2D eigenvalue weighted by molar-refractivity contribution is -0.384. The van der Waals surface area contributed by atoms with E-state index in [2.05, 4.69) is 45.8 Å². The summed E-state index contributed by atoms with van der Waals surface area (Å²) in [7, 11) is 0. The van der Waals surface area contributed by atoms with Gasteiger partial charge in [-0.1, -0.05) is 65.6 Å². The Kier molecular flexibility index (Phi) is 6.01. The number of hydrogen-bond acceptors (Lipinski definition) is 8. The van der Waals surface area contributed by atoms with Gasteiger partial charge in [-0.25, -0.2) is 0 Å². The predicted octanol–water partition coefficient (Wildman–Crippen LogP) is 5.19. The van der Waals surface area contributed by atoms with E-state index >= 15 is 0 Å². The first-order valence-corrected chi connectivity index (χ1v) is 10.8. The van der Waals surface area contributed by atoms with Gasteiger partial charge in [-0.05, 0) is 28.5 Å². The molecule has 9 heteroatoms. The summed E-state index contributed by atoms with van der Waals surface area (Å²) in [5, 5.41) is 24.9. The summed E-state index contributed by atoms with van der Waals surface area (Å²) in [5.41, 5.74) is 1.59. The molecular weight excluding hydrogens is 420 g/mol. The van der Waals surface area contributed by atoms with E-state index in [1.165, 1.54) is 51.9 Å². The molecule has 0 atom stereocenters. The maximum Gasteiger partial charge on any atom is 0.269 e. The average molecular weight is 437 g/mol. The van der Waals surface area contributed by atoms with Crippen LogP contribution >= 0.6 is 23.1 Å². The lowest BCUT2D eigenvalue weighted by Crippen LogP contribution is -2.13. The molecule has 0 saturated carbocycles. The van der Waals surface area contributed by atoms with Gasteiger partial charge in [-0.3, -0.25) is 14.9 Å². The minimum atomic E-state index is -0.495. The highest BCUT2D eigenvalue weighted by molar-refractivity contribution is 8.00. The Morgan fingerprint density at radius 3 is 2.60 bits per heavy atom. The molecule has 1 N–H and O–H groups in total. The molecule has 7 nitrogen and oxygen atoms in total. The van der Waals surface area contributed by atoms with E-state index in [-0.39, 0.29) is 18.0 Å². The summed E-state index contributed by atoms with van der Waals surface area (Å²) >= 11 is 2.99. The van der Waals surface area contributed by atoms with Crippen molar-refractivity contribution in [3.63, 3.8) is 0 Å². The number of anilines is 1. The van der Waals surface area contributed by atoms with Crippen LogP contribution in [0, 0.1) is 10.1 Å². The third-order valence-corrected chi connectivity index (χ3v) is 6.50. The monoisotopic (exact) mass is 436 g/mol.